The van der Waals surface area contributed by atoms with Crippen LogP contribution in [0.5, 0.6) is 0 Å². The quantitative estimate of drug-likeness (QED) is 0.739. The number of ether oxygens (including phenoxy) is 1. The van der Waals surface area contributed by atoms with Gasteiger partial charge in [-0.1, -0.05) is 53.6 Å². The van der Waals surface area contributed by atoms with Crippen molar-refractivity contribution in [2.24, 2.45) is 11.1 Å². The summed E-state index contributed by atoms with van der Waals surface area (Å²) in [4.78, 5) is 0.366. The zero-order valence-electron chi connectivity index (χ0n) is 14.5. The van der Waals surface area contributed by atoms with Gasteiger partial charge in [-0.15, -0.1) is 0 Å². The first-order valence-electron chi connectivity index (χ1n) is 8.10. The number of benzene rings is 2. The SMILES string of the molecule is COC[C@]1(C(N)=S)[C@H](c2ccc(C)cc2)[C@H]1S(=O)(=O)c1ccc(Cl)cc1. The topological polar surface area (TPSA) is 69.4 Å². The molecule has 138 valence electrons. The van der Waals surface area contributed by atoms with Crippen LogP contribution in [0, 0.1) is 12.3 Å². The molecule has 2 aromatic carbocycles. The van der Waals surface area contributed by atoms with Crippen molar-refractivity contribution in [2.45, 2.75) is 23.0 Å². The number of halogens is 1. The zero-order valence-corrected chi connectivity index (χ0v) is 16.9. The second kappa shape index (κ2) is 6.93. The lowest BCUT2D eigenvalue weighted by atomic mass is 9.99. The number of sulfone groups is 1. The number of hydrogen-bond donors (Lipinski definition) is 1. The molecule has 26 heavy (non-hydrogen) atoms. The van der Waals surface area contributed by atoms with Crippen LogP contribution >= 0.6 is 23.8 Å². The van der Waals surface area contributed by atoms with E-state index in [4.69, 9.17) is 34.3 Å². The molecule has 1 fully saturated rings. The Balaban J connectivity index is 2.11. The van der Waals surface area contributed by atoms with Crippen molar-refractivity contribution >= 4 is 38.6 Å². The van der Waals surface area contributed by atoms with Gasteiger partial charge in [-0.3, -0.25) is 0 Å². The Morgan fingerprint density at radius 1 is 1.19 bits per heavy atom. The van der Waals surface area contributed by atoms with Crippen LogP contribution in [-0.4, -0.2) is 32.4 Å². The maximum absolute atomic E-state index is 13.3. The van der Waals surface area contributed by atoms with Gasteiger partial charge in [0.15, 0.2) is 9.84 Å². The Morgan fingerprint density at radius 2 is 1.77 bits per heavy atom. The van der Waals surface area contributed by atoms with E-state index >= 15 is 0 Å². The standard InChI is InChI=1S/C19H20ClNO3S2/c1-12-3-5-13(6-4-12)16-17(19(16,11-24-2)18(21)25)26(22,23)15-9-7-14(20)8-10-15/h3-10,16-17H,11H2,1-2H3,(H2,21,25)/t16-,17-,19+/m1/s1. The highest BCUT2D eigenvalue weighted by molar-refractivity contribution is 7.92. The van der Waals surface area contributed by atoms with Gasteiger partial charge in [0.25, 0.3) is 0 Å². The predicted molar refractivity (Wildman–Crippen MR) is 107 cm³/mol. The van der Waals surface area contributed by atoms with E-state index in [0.717, 1.165) is 11.1 Å². The second-order valence-electron chi connectivity index (χ2n) is 6.65. The number of aryl methyl sites for hydroxylation is 1. The van der Waals surface area contributed by atoms with Gasteiger partial charge in [0.1, 0.15) is 0 Å². The lowest BCUT2D eigenvalue weighted by Crippen LogP contribution is -2.33. The molecule has 0 amide bonds. The molecule has 3 rings (SSSR count). The van der Waals surface area contributed by atoms with E-state index in [9.17, 15) is 8.42 Å². The molecule has 1 aliphatic carbocycles. The van der Waals surface area contributed by atoms with Crippen molar-refractivity contribution < 1.29 is 13.2 Å². The number of nitrogens with two attached hydrogens (primary N) is 1. The summed E-state index contributed by atoms with van der Waals surface area (Å²) in [5.74, 6) is -0.346. The molecule has 1 aliphatic rings. The first kappa shape index (κ1) is 19.3. The fourth-order valence-electron chi connectivity index (χ4n) is 3.65. The second-order valence-corrected chi connectivity index (χ2v) is 9.59. The van der Waals surface area contributed by atoms with Crippen molar-refractivity contribution in [1.82, 2.24) is 0 Å². The highest BCUT2D eigenvalue weighted by atomic mass is 35.5. The average molecular weight is 410 g/mol. The number of methoxy groups -OCH3 is 1. The largest absolute Gasteiger partial charge is 0.393 e. The molecule has 2 N–H and O–H groups in total. The molecule has 0 saturated heterocycles. The fraction of sp³-hybridized carbons (Fsp3) is 0.316. The Kier molecular flexibility index (Phi) is 5.14. The van der Waals surface area contributed by atoms with Crippen LogP contribution in [-0.2, 0) is 14.6 Å². The summed E-state index contributed by atoms with van der Waals surface area (Å²) in [6.45, 7) is 2.13. The van der Waals surface area contributed by atoms with Gasteiger partial charge in [-0.05, 0) is 36.8 Å². The molecule has 2 aromatic rings. The molecular weight excluding hydrogens is 390 g/mol. The Morgan fingerprint density at radius 3 is 2.27 bits per heavy atom. The van der Waals surface area contributed by atoms with Crippen LogP contribution in [0.3, 0.4) is 0 Å². The van der Waals surface area contributed by atoms with E-state index in [2.05, 4.69) is 0 Å². The molecule has 3 atom stereocenters. The highest BCUT2D eigenvalue weighted by Crippen LogP contribution is 2.64. The van der Waals surface area contributed by atoms with Gasteiger partial charge in [0.05, 0.1) is 27.2 Å². The monoisotopic (exact) mass is 409 g/mol. The van der Waals surface area contributed by atoms with Crippen molar-refractivity contribution in [3.05, 3.63) is 64.7 Å². The molecule has 7 heteroatoms. The van der Waals surface area contributed by atoms with E-state index in [1.165, 1.54) is 19.2 Å². The van der Waals surface area contributed by atoms with Crippen molar-refractivity contribution in [3.8, 4) is 0 Å². The minimum atomic E-state index is -3.67. The third kappa shape index (κ3) is 3.05. The number of thiocarbonyl (C=S) groups is 1. The summed E-state index contributed by atoms with van der Waals surface area (Å²) in [6, 6.07) is 13.9. The molecule has 1 saturated carbocycles. The number of rotatable bonds is 6. The summed E-state index contributed by atoms with van der Waals surface area (Å²) in [6.07, 6.45) is 0. The van der Waals surface area contributed by atoms with E-state index in [0.29, 0.717) is 5.02 Å². The predicted octanol–water partition coefficient (Wildman–Crippen LogP) is 3.51. The maximum Gasteiger partial charge on any atom is 0.182 e. The van der Waals surface area contributed by atoms with Crippen LogP contribution < -0.4 is 5.73 Å². The van der Waals surface area contributed by atoms with Crippen LogP contribution in [0.4, 0.5) is 0 Å². The van der Waals surface area contributed by atoms with Gasteiger partial charge >= 0.3 is 0 Å². The summed E-state index contributed by atoms with van der Waals surface area (Å²) >= 11 is 11.2. The van der Waals surface area contributed by atoms with E-state index in [1.54, 1.807) is 12.1 Å². The molecular formula is C19H20ClNO3S2. The average Bonchev–Trinajstić information content (AvgIpc) is 3.27. The molecule has 0 aliphatic heterocycles. The lowest BCUT2D eigenvalue weighted by Gasteiger charge is -2.16. The summed E-state index contributed by atoms with van der Waals surface area (Å²) in [5.41, 5.74) is 7.10. The van der Waals surface area contributed by atoms with Crippen molar-refractivity contribution in [2.75, 3.05) is 13.7 Å². The van der Waals surface area contributed by atoms with Gasteiger partial charge in [-0.25, -0.2) is 8.42 Å². The Hall–Kier alpha value is -1.47. The van der Waals surface area contributed by atoms with Gasteiger partial charge in [0, 0.05) is 18.1 Å². The van der Waals surface area contributed by atoms with E-state index in [1.807, 2.05) is 31.2 Å². The van der Waals surface area contributed by atoms with Crippen LogP contribution in [0.25, 0.3) is 0 Å². The molecule has 0 bridgehead atoms. The third-order valence-corrected chi connectivity index (χ3v) is 7.93. The molecule has 0 unspecified atom stereocenters. The zero-order chi connectivity index (χ0) is 19.1. The van der Waals surface area contributed by atoms with Gasteiger partial charge < -0.3 is 10.5 Å². The highest BCUT2D eigenvalue weighted by Gasteiger charge is 2.73. The van der Waals surface area contributed by atoms with Crippen LogP contribution in [0.15, 0.2) is 53.4 Å². The minimum Gasteiger partial charge on any atom is -0.393 e. The molecule has 4 nitrogen and oxygen atoms in total. The minimum absolute atomic E-state index is 0.151. The summed E-state index contributed by atoms with van der Waals surface area (Å²) in [7, 11) is -2.15. The Labute approximate surface area is 164 Å². The van der Waals surface area contributed by atoms with Gasteiger partial charge in [0.2, 0.25) is 0 Å². The summed E-state index contributed by atoms with van der Waals surface area (Å²) in [5, 5.41) is -0.288. The molecule has 0 heterocycles. The molecule has 0 aromatic heterocycles. The fourth-order valence-corrected chi connectivity index (χ4v) is 6.55. The first-order chi connectivity index (χ1) is 12.2. The lowest BCUT2D eigenvalue weighted by molar-refractivity contribution is 0.166. The van der Waals surface area contributed by atoms with Crippen molar-refractivity contribution in [3.63, 3.8) is 0 Å². The molecule has 0 radical (unpaired) electrons. The van der Waals surface area contributed by atoms with E-state index in [-0.39, 0.29) is 22.4 Å². The van der Waals surface area contributed by atoms with Gasteiger partial charge in [-0.2, -0.15) is 0 Å². The van der Waals surface area contributed by atoms with Crippen molar-refractivity contribution in [1.29, 1.82) is 0 Å². The summed E-state index contributed by atoms with van der Waals surface area (Å²) < 4.78 is 32.0. The first-order valence-corrected chi connectivity index (χ1v) is 10.4. The van der Waals surface area contributed by atoms with E-state index < -0.39 is 20.5 Å². The normalized spacial score (nSPS) is 25.0. The Bertz CT molecular complexity index is 926. The third-order valence-electron chi connectivity index (χ3n) is 5.01. The number of hydrogen-bond acceptors (Lipinski definition) is 4. The smallest absolute Gasteiger partial charge is 0.182 e. The van der Waals surface area contributed by atoms with Crippen LogP contribution in [0.2, 0.25) is 5.02 Å². The van der Waals surface area contributed by atoms with Crippen LogP contribution in [0.1, 0.15) is 17.0 Å². The maximum atomic E-state index is 13.3. The molecule has 0 spiro atoms.